The first-order valence-corrected chi connectivity index (χ1v) is 7.76. The number of carbonyl (C=O) groups excluding carboxylic acids is 1. The third-order valence-corrected chi connectivity index (χ3v) is 3.86. The Balaban J connectivity index is 1.79. The summed E-state index contributed by atoms with van der Waals surface area (Å²) in [6.45, 7) is -0.720. The lowest BCUT2D eigenvalue weighted by atomic mass is 10.1. The van der Waals surface area contributed by atoms with Crippen molar-refractivity contribution in [1.29, 1.82) is 0 Å². The second-order valence-corrected chi connectivity index (χ2v) is 5.84. The highest BCUT2D eigenvalue weighted by atomic mass is 35.5. The van der Waals surface area contributed by atoms with Crippen molar-refractivity contribution in [2.24, 2.45) is 0 Å². The van der Waals surface area contributed by atoms with Crippen LogP contribution in [0.15, 0.2) is 36.5 Å². The SMILES string of the molecule is O=C(Nc1ccn(Cc2c(F)c(F)c(F)c(F)c2F)n1)c1ccc(Cl)cc1. The molecule has 3 aromatic rings. The lowest BCUT2D eigenvalue weighted by Gasteiger charge is -2.08. The van der Waals surface area contributed by atoms with Gasteiger partial charge in [0.15, 0.2) is 29.1 Å². The van der Waals surface area contributed by atoms with Gasteiger partial charge in [0.25, 0.3) is 5.91 Å². The van der Waals surface area contributed by atoms with E-state index in [2.05, 4.69) is 10.4 Å². The first-order valence-electron chi connectivity index (χ1n) is 7.38. The van der Waals surface area contributed by atoms with E-state index in [4.69, 9.17) is 11.6 Å². The molecule has 2 aromatic carbocycles. The van der Waals surface area contributed by atoms with Gasteiger partial charge in [0, 0.05) is 22.8 Å². The van der Waals surface area contributed by atoms with Crippen LogP contribution in [-0.4, -0.2) is 15.7 Å². The smallest absolute Gasteiger partial charge is 0.256 e. The van der Waals surface area contributed by atoms with Crippen LogP contribution in [0.5, 0.6) is 0 Å². The maximum Gasteiger partial charge on any atom is 0.256 e. The first-order chi connectivity index (χ1) is 12.8. The predicted octanol–water partition coefficient (Wildman–Crippen LogP) is 4.53. The molecule has 0 aliphatic heterocycles. The molecule has 1 N–H and O–H groups in total. The average molecular weight is 402 g/mol. The Labute approximate surface area is 154 Å². The molecule has 0 bridgehead atoms. The van der Waals surface area contributed by atoms with Crippen LogP contribution in [0.1, 0.15) is 15.9 Å². The summed E-state index contributed by atoms with van der Waals surface area (Å²) in [5, 5.41) is 6.72. The average Bonchev–Trinajstić information content (AvgIpc) is 3.09. The number of amides is 1. The Hall–Kier alpha value is -2.94. The van der Waals surface area contributed by atoms with Gasteiger partial charge in [-0.05, 0) is 24.3 Å². The zero-order chi connectivity index (χ0) is 19.7. The van der Waals surface area contributed by atoms with Gasteiger partial charge in [0.2, 0.25) is 5.82 Å². The molecule has 4 nitrogen and oxygen atoms in total. The Morgan fingerprint density at radius 3 is 2.07 bits per heavy atom. The zero-order valence-electron chi connectivity index (χ0n) is 13.2. The normalized spacial score (nSPS) is 10.9. The van der Waals surface area contributed by atoms with Crippen molar-refractivity contribution < 1.29 is 26.7 Å². The number of hydrogen-bond donors (Lipinski definition) is 1. The van der Waals surface area contributed by atoms with Crippen molar-refractivity contribution >= 4 is 23.3 Å². The van der Waals surface area contributed by atoms with Gasteiger partial charge in [0.1, 0.15) is 0 Å². The Kier molecular flexibility index (Phi) is 5.13. The number of nitrogens with zero attached hydrogens (tertiary/aromatic N) is 2. The molecule has 0 spiro atoms. The summed E-state index contributed by atoms with van der Waals surface area (Å²) in [5.74, 6) is -10.7. The van der Waals surface area contributed by atoms with Crippen molar-refractivity contribution in [1.82, 2.24) is 9.78 Å². The van der Waals surface area contributed by atoms with E-state index in [0.717, 1.165) is 4.68 Å². The van der Waals surface area contributed by atoms with Crippen LogP contribution in [-0.2, 0) is 6.54 Å². The van der Waals surface area contributed by atoms with Gasteiger partial charge in [-0.1, -0.05) is 11.6 Å². The largest absolute Gasteiger partial charge is 0.305 e. The summed E-state index contributed by atoms with van der Waals surface area (Å²) < 4.78 is 67.9. The van der Waals surface area contributed by atoms with Gasteiger partial charge in [-0.2, -0.15) is 5.10 Å². The van der Waals surface area contributed by atoms with E-state index in [-0.39, 0.29) is 11.4 Å². The van der Waals surface area contributed by atoms with Crippen LogP contribution in [0.2, 0.25) is 5.02 Å². The van der Waals surface area contributed by atoms with E-state index in [0.29, 0.717) is 5.02 Å². The zero-order valence-corrected chi connectivity index (χ0v) is 14.0. The highest BCUT2D eigenvalue weighted by molar-refractivity contribution is 6.30. The van der Waals surface area contributed by atoms with Gasteiger partial charge in [-0.15, -0.1) is 0 Å². The molecule has 0 atom stereocenters. The lowest BCUT2D eigenvalue weighted by molar-refractivity contribution is 0.102. The van der Waals surface area contributed by atoms with E-state index >= 15 is 0 Å². The molecule has 3 rings (SSSR count). The lowest BCUT2D eigenvalue weighted by Crippen LogP contribution is -2.14. The summed E-state index contributed by atoms with van der Waals surface area (Å²) in [4.78, 5) is 12.1. The van der Waals surface area contributed by atoms with Crippen molar-refractivity contribution in [3.63, 3.8) is 0 Å². The monoisotopic (exact) mass is 401 g/mol. The molecule has 0 fully saturated rings. The fraction of sp³-hybridized carbons (Fsp3) is 0.0588. The summed E-state index contributed by atoms with van der Waals surface area (Å²) >= 11 is 5.73. The number of anilines is 1. The number of halogens is 6. The number of carbonyl (C=O) groups is 1. The van der Waals surface area contributed by atoms with E-state index in [1.165, 1.54) is 36.5 Å². The second-order valence-electron chi connectivity index (χ2n) is 5.41. The van der Waals surface area contributed by atoms with Crippen LogP contribution in [0.25, 0.3) is 0 Å². The topological polar surface area (TPSA) is 46.9 Å². The molecule has 1 aromatic heterocycles. The third-order valence-electron chi connectivity index (χ3n) is 3.61. The minimum Gasteiger partial charge on any atom is -0.305 e. The summed E-state index contributed by atoms with van der Waals surface area (Å²) in [7, 11) is 0. The van der Waals surface area contributed by atoms with Gasteiger partial charge < -0.3 is 5.32 Å². The van der Waals surface area contributed by atoms with Gasteiger partial charge >= 0.3 is 0 Å². The minimum absolute atomic E-state index is 0.0267. The van der Waals surface area contributed by atoms with E-state index < -0.39 is 47.1 Å². The fourth-order valence-corrected chi connectivity index (χ4v) is 2.38. The molecular formula is C17H9ClF5N3O. The van der Waals surface area contributed by atoms with Crippen molar-refractivity contribution in [2.45, 2.75) is 6.54 Å². The minimum atomic E-state index is -2.23. The van der Waals surface area contributed by atoms with Crippen LogP contribution in [0.3, 0.4) is 0 Å². The number of nitrogens with one attached hydrogen (secondary N) is 1. The molecular weight excluding hydrogens is 393 g/mol. The number of benzene rings is 2. The standard InChI is InChI=1S/C17H9ClF5N3O/c18-9-3-1-8(2-4-9)17(27)24-11-5-6-26(25-11)7-10-12(19)14(21)16(23)15(22)13(10)20/h1-6H,7H2,(H,24,25,27). The second kappa shape index (κ2) is 7.36. The predicted molar refractivity (Wildman–Crippen MR) is 87.0 cm³/mol. The van der Waals surface area contributed by atoms with Crippen molar-refractivity contribution in [3.8, 4) is 0 Å². The molecule has 0 saturated heterocycles. The maximum atomic E-state index is 13.7. The number of hydrogen-bond acceptors (Lipinski definition) is 2. The molecule has 0 saturated carbocycles. The maximum absolute atomic E-state index is 13.7. The molecule has 0 unspecified atom stereocenters. The molecule has 140 valence electrons. The molecule has 10 heteroatoms. The number of aromatic nitrogens is 2. The molecule has 0 radical (unpaired) electrons. The fourth-order valence-electron chi connectivity index (χ4n) is 2.26. The molecule has 0 aliphatic rings. The van der Waals surface area contributed by atoms with Gasteiger partial charge in [0.05, 0.1) is 12.1 Å². The summed E-state index contributed by atoms with van der Waals surface area (Å²) in [5.41, 5.74) is -0.751. The molecule has 1 amide bonds. The highest BCUT2D eigenvalue weighted by Crippen LogP contribution is 2.24. The summed E-state index contributed by atoms with van der Waals surface area (Å²) in [6, 6.07) is 7.28. The van der Waals surface area contributed by atoms with Crippen molar-refractivity contribution in [3.05, 3.63) is 81.8 Å². The Bertz CT molecular complexity index is 991. The van der Waals surface area contributed by atoms with Crippen molar-refractivity contribution in [2.75, 3.05) is 5.32 Å². The van der Waals surface area contributed by atoms with Crippen LogP contribution >= 0.6 is 11.6 Å². The van der Waals surface area contributed by atoms with E-state index in [1.807, 2.05) is 0 Å². The van der Waals surface area contributed by atoms with Crippen LogP contribution < -0.4 is 5.32 Å². The molecule has 0 aliphatic carbocycles. The van der Waals surface area contributed by atoms with Crippen LogP contribution in [0.4, 0.5) is 27.8 Å². The molecule has 27 heavy (non-hydrogen) atoms. The van der Waals surface area contributed by atoms with Gasteiger partial charge in [-0.3, -0.25) is 9.48 Å². The first kappa shape index (κ1) is 18.8. The molecule has 1 heterocycles. The van der Waals surface area contributed by atoms with E-state index in [9.17, 15) is 26.7 Å². The van der Waals surface area contributed by atoms with Gasteiger partial charge in [-0.25, -0.2) is 22.0 Å². The Morgan fingerprint density at radius 1 is 0.926 bits per heavy atom. The van der Waals surface area contributed by atoms with Crippen LogP contribution in [0, 0.1) is 29.1 Å². The Morgan fingerprint density at radius 2 is 1.48 bits per heavy atom. The van der Waals surface area contributed by atoms with E-state index in [1.54, 1.807) is 0 Å². The third kappa shape index (κ3) is 3.77. The summed E-state index contributed by atoms with van der Waals surface area (Å²) in [6.07, 6.45) is 1.22. The number of rotatable bonds is 4. The quantitative estimate of drug-likeness (QED) is 0.396. The highest BCUT2D eigenvalue weighted by Gasteiger charge is 2.25.